The van der Waals surface area contributed by atoms with Crippen LogP contribution in [0.3, 0.4) is 0 Å². The van der Waals surface area contributed by atoms with Gasteiger partial charge in [0.2, 0.25) is 0 Å². The highest BCUT2D eigenvalue weighted by molar-refractivity contribution is 6.18. The van der Waals surface area contributed by atoms with E-state index in [0.29, 0.717) is 5.41 Å². The van der Waals surface area contributed by atoms with Gasteiger partial charge < -0.3 is 0 Å². The fourth-order valence-corrected chi connectivity index (χ4v) is 2.89. The van der Waals surface area contributed by atoms with Gasteiger partial charge in [-0.25, -0.2) is 0 Å². The van der Waals surface area contributed by atoms with E-state index in [9.17, 15) is 0 Å². The zero-order valence-corrected chi connectivity index (χ0v) is 9.46. The van der Waals surface area contributed by atoms with E-state index in [-0.39, 0.29) is 0 Å². The largest absolute Gasteiger partial charge is 0.127 e. The van der Waals surface area contributed by atoms with E-state index in [1.165, 1.54) is 19.3 Å². The predicted octanol–water partition coefficient (Wildman–Crippen LogP) is 3.91. The second-order valence-electron chi connectivity index (χ2n) is 4.41. The minimum atomic E-state index is 0.490. The van der Waals surface area contributed by atoms with Gasteiger partial charge in [-0.1, -0.05) is 13.8 Å². The van der Waals surface area contributed by atoms with Gasteiger partial charge in [0.15, 0.2) is 0 Å². The molecule has 0 aromatic carbocycles. The summed E-state index contributed by atoms with van der Waals surface area (Å²) in [5, 5.41) is 0. The minimum absolute atomic E-state index is 0.490. The highest BCUT2D eigenvalue weighted by atomic mass is 35.5. The van der Waals surface area contributed by atoms with E-state index in [1.807, 2.05) is 0 Å². The first-order valence-corrected chi connectivity index (χ1v) is 5.81. The van der Waals surface area contributed by atoms with Crippen LogP contribution < -0.4 is 0 Å². The summed E-state index contributed by atoms with van der Waals surface area (Å²) in [6.07, 6.45) is 3.69. The Hall–Kier alpha value is 0.580. The molecule has 1 aliphatic carbocycles. The lowest BCUT2D eigenvalue weighted by molar-refractivity contribution is -0.0232. The molecule has 0 nitrogen and oxygen atoms in total. The van der Waals surface area contributed by atoms with Gasteiger partial charge in [0.25, 0.3) is 0 Å². The number of hydrogen-bond acceptors (Lipinski definition) is 0. The van der Waals surface area contributed by atoms with Crippen LogP contribution >= 0.6 is 23.2 Å². The zero-order valence-electron chi connectivity index (χ0n) is 7.95. The second kappa shape index (κ2) is 4.19. The van der Waals surface area contributed by atoms with Gasteiger partial charge in [-0.05, 0) is 36.5 Å². The molecule has 0 aromatic rings. The quantitative estimate of drug-likeness (QED) is 0.616. The third-order valence-electron chi connectivity index (χ3n) is 3.59. The van der Waals surface area contributed by atoms with Crippen LogP contribution in [0.1, 0.15) is 33.1 Å². The highest BCUT2D eigenvalue weighted by Crippen LogP contribution is 2.54. The fraction of sp³-hybridized carbons (Fsp3) is 1.00. The monoisotopic (exact) mass is 208 g/mol. The standard InChI is InChI=1S/C10H18Cl2/c1-10(2)8(3-5-11)7-9(10)4-6-12/h8-9H,3-7H2,1-2H3/t8-,9-/m1/s1. The molecule has 0 radical (unpaired) electrons. The third-order valence-corrected chi connectivity index (χ3v) is 4.03. The predicted molar refractivity (Wildman–Crippen MR) is 56.1 cm³/mol. The summed E-state index contributed by atoms with van der Waals surface area (Å²) in [5.74, 6) is 3.29. The molecule has 0 heterocycles. The molecule has 0 saturated heterocycles. The molecule has 0 bridgehead atoms. The van der Waals surface area contributed by atoms with Crippen LogP contribution in [0.15, 0.2) is 0 Å². The Morgan fingerprint density at radius 3 is 1.75 bits per heavy atom. The maximum absolute atomic E-state index is 5.74. The minimum Gasteiger partial charge on any atom is -0.127 e. The third kappa shape index (κ3) is 1.90. The van der Waals surface area contributed by atoms with Crippen LogP contribution in [0.25, 0.3) is 0 Å². The van der Waals surface area contributed by atoms with Crippen molar-refractivity contribution >= 4 is 23.2 Å². The number of alkyl halides is 2. The normalized spacial score (nSPS) is 33.0. The summed E-state index contributed by atoms with van der Waals surface area (Å²) < 4.78 is 0. The van der Waals surface area contributed by atoms with Crippen LogP contribution in [0.4, 0.5) is 0 Å². The molecule has 0 aromatic heterocycles. The smallest absolute Gasteiger partial charge is 0.0226 e. The summed E-state index contributed by atoms with van der Waals surface area (Å²) >= 11 is 11.5. The number of halogens is 2. The van der Waals surface area contributed by atoms with Crippen molar-refractivity contribution in [1.82, 2.24) is 0 Å². The molecule has 1 rings (SSSR count). The Kier molecular flexibility index (Phi) is 3.73. The molecule has 0 amide bonds. The molecule has 72 valence electrons. The average molecular weight is 209 g/mol. The molecule has 0 N–H and O–H groups in total. The van der Waals surface area contributed by atoms with E-state index in [2.05, 4.69) is 13.8 Å². The Bertz CT molecular complexity index is 129. The summed E-state index contributed by atoms with van der Waals surface area (Å²) in [5.41, 5.74) is 0.490. The van der Waals surface area contributed by atoms with Gasteiger partial charge in [0.1, 0.15) is 0 Å². The van der Waals surface area contributed by atoms with Crippen LogP contribution in [0.5, 0.6) is 0 Å². The van der Waals surface area contributed by atoms with Crippen molar-refractivity contribution in [2.24, 2.45) is 17.3 Å². The summed E-state index contributed by atoms with van der Waals surface area (Å²) in [4.78, 5) is 0. The number of hydrogen-bond donors (Lipinski definition) is 0. The van der Waals surface area contributed by atoms with Crippen molar-refractivity contribution < 1.29 is 0 Å². The van der Waals surface area contributed by atoms with Crippen molar-refractivity contribution in [3.05, 3.63) is 0 Å². The first-order chi connectivity index (χ1) is 5.62. The van der Waals surface area contributed by atoms with Gasteiger partial charge in [0.05, 0.1) is 0 Å². The molecule has 1 fully saturated rings. The molecule has 2 heteroatoms. The zero-order chi connectivity index (χ0) is 9.19. The molecule has 0 unspecified atom stereocenters. The Labute approximate surface area is 85.6 Å². The van der Waals surface area contributed by atoms with Crippen molar-refractivity contribution in [2.75, 3.05) is 11.8 Å². The summed E-state index contributed by atoms with van der Waals surface area (Å²) in [6.45, 7) is 4.70. The summed E-state index contributed by atoms with van der Waals surface area (Å²) in [7, 11) is 0. The van der Waals surface area contributed by atoms with Gasteiger partial charge in [-0.3, -0.25) is 0 Å². The highest BCUT2D eigenvalue weighted by Gasteiger charge is 2.46. The fourth-order valence-electron chi connectivity index (χ4n) is 2.37. The van der Waals surface area contributed by atoms with Gasteiger partial charge in [0, 0.05) is 11.8 Å². The molecule has 1 saturated carbocycles. The van der Waals surface area contributed by atoms with E-state index in [0.717, 1.165) is 23.6 Å². The lowest BCUT2D eigenvalue weighted by Crippen LogP contribution is -2.45. The first kappa shape index (κ1) is 10.7. The van der Waals surface area contributed by atoms with Gasteiger partial charge in [-0.15, -0.1) is 23.2 Å². The molecule has 0 spiro atoms. The molecule has 1 aliphatic rings. The Balaban J connectivity index is 2.36. The topological polar surface area (TPSA) is 0 Å². The lowest BCUT2D eigenvalue weighted by Gasteiger charge is -2.52. The van der Waals surface area contributed by atoms with E-state index >= 15 is 0 Å². The van der Waals surface area contributed by atoms with Crippen LogP contribution in [-0.4, -0.2) is 11.8 Å². The van der Waals surface area contributed by atoms with Crippen molar-refractivity contribution in [1.29, 1.82) is 0 Å². The average Bonchev–Trinajstić information content (AvgIpc) is 2.03. The molecule has 12 heavy (non-hydrogen) atoms. The van der Waals surface area contributed by atoms with Crippen LogP contribution in [-0.2, 0) is 0 Å². The van der Waals surface area contributed by atoms with Crippen molar-refractivity contribution in [3.63, 3.8) is 0 Å². The SMILES string of the molecule is CC1(C)[C@H](CCCl)C[C@H]1CCCl. The van der Waals surface area contributed by atoms with Crippen LogP contribution in [0.2, 0.25) is 0 Å². The van der Waals surface area contributed by atoms with Crippen molar-refractivity contribution in [2.45, 2.75) is 33.1 Å². The summed E-state index contributed by atoms with van der Waals surface area (Å²) in [6, 6.07) is 0. The first-order valence-electron chi connectivity index (χ1n) is 4.74. The lowest BCUT2D eigenvalue weighted by atomic mass is 9.53. The van der Waals surface area contributed by atoms with E-state index < -0.39 is 0 Å². The van der Waals surface area contributed by atoms with Gasteiger partial charge in [-0.2, -0.15) is 0 Å². The Morgan fingerprint density at radius 1 is 1.08 bits per heavy atom. The molecular weight excluding hydrogens is 191 g/mol. The second-order valence-corrected chi connectivity index (χ2v) is 5.16. The van der Waals surface area contributed by atoms with E-state index in [1.54, 1.807) is 0 Å². The van der Waals surface area contributed by atoms with E-state index in [4.69, 9.17) is 23.2 Å². The molecule has 0 aliphatic heterocycles. The maximum Gasteiger partial charge on any atom is 0.0226 e. The van der Waals surface area contributed by atoms with Gasteiger partial charge >= 0.3 is 0 Å². The Morgan fingerprint density at radius 2 is 1.50 bits per heavy atom. The van der Waals surface area contributed by atoms with Crippen molar-refractivity contribution in [3.8, 4) is 0 Å². The molecular formula is C10H18Cl2. The molecule has 2 atom stereocenters. The maximum atomic E-state index is 5.74. The number of rotatable bonds is 4. The van der Waals surface area contributed by atoms with Crippen LogP contribution in [0, 0.1) is 17.3 Å².